The van der Waals surface area contributed by atoms with Crippen molar-refractivity contribution < 1.29 is 13.9 Å². The number of benzene rings is 1. The van der Waals surface area contributed by atoms with E-state index in [0.29, 0.717) is 17.1 Å². The van der Waals surface area contributed by atoms with Crippen molar-refractivity contribution in [3.05, 3.63) is 59.5 Å². The lowest BCUT2D eigenvalue weighted by Crippen LogP contribution is -1.98. The molecular formula is C23H26FN3O2S. The number of halogens is 1. The number of aldehydes is 1. The molecule has 5 nitrogen and oxygen atoms in total. The van der Waals surface area contributed by atoms with Crippen LogP contribution in [-0.4, -0.2) is 24.9 Å². The van der Waals surface area contributed by atoms with Gasteiger partial charge in [0.2, 0.25) is 0 Å². The van der Waals surface area contributed by atoms with Crippen molar-refractivity contribution in [2.75, 3.05) is 24.3 Å². The van der Waals surface area contributed by atoms with Crippen LogP contribution in [0.1, 0.15) is 29.1 Å². The SMILES string of the molecule is C#CCNc1ccnc2sc(C=O)cc12.C=CNc1cc(C)c(OC)c(F)c1.CC. The van der Waals surface area contributed by atoms with E-state index in [9.17, 15) is 9.18 Å². The molecule has 158 valence electrons. The Kier molecular flexibility index (Phi) is 10.7. The number of carbonyl (C=O) groups excluding carboxylic acids is 1. The number of ether oxygens (including phenoxy) is 1. The molecule has 0 amide bonds. The summed E-state index contributed by atoms with van der Waals surface area (Å²) in [5.41, 5.74) is 2.35. The zero-order valence-electron chi connectivity index (χ0n) is 17.6. The normalized spacial score (nSPS) is 9.20. The van der Waals surface area contributed by atoms with Crippen molar-refractivity contribution in [3.8, 4) is 18.1 Å². The molecule has 2 heterocycles. The van der Waals surface area contributed by atoms with Crippen molar-refractivity contribution in [2.45, 2.75) is 20.8 Å². The van der Waals surface area contributed by atoms with Gasteiger partial charge < -0.3 is 15.4 Å². The molecule has 0 aliphatic carbocycles. The minimum atomic E-state index is -0.369. The topological polar surface area (TPSA) is 63.2 Å². The number of hydrogen-bond acceptors (Lipinski definition) is 6. The standard InChI is InChI=1S/C11H8N2OS.C10H12FNO.C2H6/c1-2-4-12-10-3-5-13-11-9(10)6-8(7-14)15-11;1-4-12-8-5-7(2)10(13-3)9(11)6-8;1-2/h1,3,5-7H,4H2,(H,12,13);4-6,12H,1H2,2-3H3;1-2H3. The first-order chi connectivity index (χ1) is 14.5. The molecule has 30 heavy (non-hydrogen) atoms. The summed E-state index contributed by atoms with van der Waals surface area (Å²) in [5, 5.41) is 6.84. The molecule has 7 heteroatoms. The number of hydrogen-bond donors (Lipinski definition) is 2. The van der Waals surface area contributed by atoms with Gasteiger partial charge >= 0.3 is 0 Å². The second-order valence-electron chi connectivity index (χ2n) is 5.56. The number of fused-ring (bicyclic) bond motifs is 1. The minimum absolute atomic E-state index is 0.287. The number of aryl methyl sites for hydroxylation is 1. The number of nitrogens with zero attached hydrogens (tertiary/aromatic N) is 1. The van der Waals surface area contributed by atoms with Gasteiger partial charge in [0.25, 0.3) is 0 Å². The van der Waals surface area contributed by atoms with Gasteiger partial charge in [-0.2, -0.15) is 0 Å². The number of carbonyl (C=O) groups is 1. The van der Waals surface area contributed by atoms with Gasteiger partial charge in [-0.1, -0.05) is 26.3 Å². The molecule has 3 aromatic rings. The second kappa shape index (κ2) is 13.0. The Balaban J connectivity index is 0.000000280. The van der Waals surface area contributed by atoms with Crippen molar-refractivity contribution >= 4 is 39.2 Å². The van der Waals surface area contributed by atoms with Crippen LogP contribution in [-0.2, 0) is 0 Å². The van der Waals surface area contributed by atoms with Crippen molar-refractivity contribution in [1.29, 1.82) is 0 Å². The third-order valence-electron chi connectivity index (χ3n) is 3.65. The van der Waals surface area contributed by atoms with E-state index in [1.54, 1.807) is 19.2 Å². The molecule has 0 aliphatic heterocycles. The van der Waals surface area contributed by atoms with Crippen LogP contribution in [0.4, 0.5) is 15.8 Å². The predicted octanol–water partition coefficient (Wildman–Crippen LogP) is 5.88. The largest absolute Gasteiger partial charge is 0.493 e. The van der Waals surface area contributed by atoms with Crippen LogP contribution in [0.25, 0.3) is 10.2 Å². The lowest BCUT2D eigenvalue weighted by Gasteiger charge is -2.08. The molecule has 3 rings (SSSR count). The van der Waals surface area contributed by atoms with Gasteiger partial charge in [-0.05, 0) is 36.9 Å². The highest BCUT2D eigenvalue weighted by Gasteiger charge is 2.07. The molecule has 0 bridgehead atoms. The Morgan fingerprint density at radius 1 is 1.37 bits per heavy atom. The van der Waals surface area contributed by atoms with Crippen LogP contribution in [0.5, 0.6) is 5.75 Å². The quantitative estimate of drug-likeness (QED) is 0.380. The third kappa shape index (κ3) is 6.61. The lowest BCUT2D eigenvalue weighted by molar-refractivity contribution is 0.112. The number of nitrogens with one attached hydrogen (secondary N) is 2. The molecule has 0 spiro atoms. The van der Waals surface area contributed by atoms with E-state index in [1.165, 1.54) is 30.7 Å². The van der Waals surface area contributed by atoms with E-state index in [1.807, 2.05) is 26.0 Å². The maximum atomic E-state index is 13.2. The zero-order chi connectivity index (χ0) is 22.5. The maximum Gasteiger partial charge on any atom is 0.167 e. The first-order valence-corrected chi connectivity index (χ1v) is 10.1. The molecular weight excluding hydrogens is 401 g/mol. The average molecular weight is 428 g/mol. The molecule has 2 N–H and O–H groups in total. The lowest BCUT2D eigenvalue weighted by atomic mass is 10.2. The van der Waals surface area contributed by atoms with Crippen molar-refractivity contribution in [3.63, 3.8) is 0 Å². The van der Waals surface area contributed by atoms with Crippen LogP contribution in [0.15, 0.2) is 43.2 Å². The van der Waals surface area contributed by atoms with E-state index in [4.69, 9.17) is 11.2 Å². The van der Waals surface area contributed by atoms with E-state index < -0.39 is 0 Å². The van der Waals surface area contributed by atoms with Crippen molar-refractivity contribution in [2.24, 2.45) is 0 Å². The zero-order valence-corrected chi connectivity index (χ0v) is 18.4. The molecule has 0 saturated heterocycles. The first kappa shape index (κ1) is 24.7. The van der Waals surface area contributed by atoms with Gasteiger partial charge in [-0.15, -0.1) is 17.8 Å². The second-order valence-corrected chi connectivity index (χ2v) is 6.62. The van der Waals surface area contributed by atoms with Crippen LogP contribution in [0, 0.1) is 25.1 Å². The van der Waals surface area contributed by atoms with E-state index in [-0.39, 0.29) is 11.6 Å². The molecule has 0 unspecified atom stereocenters. The Hall–Kier alpha value is -3.37. The molecule has 0 fully saturated rings. The Morgan fingerprint density at radius 3 is 2.67 bits per heavy atom. The highest BCUT2D eigenvalue weighted by Crippen LogP contribution is 2.28. The summed E-state index contributed by atoms with van der Waals surface area (Å²) in [7, 11) is 1.45. The number of anilines is 2. The van der Waals surface area contributed by atoms with Crippen molar-refractivity contribution in [1.82, 2.24) is 4.98 Å². The summed E-state index contributed by atoms with van der Waals surface area (Å²) in [4.78, 5) is 16.3. The van der Waals surface area contributed by atoms with E-state index >= 15 is 0 Å². The summed E-state index contributed by atoms with van der Waals surface area (Å²) in [6.45, 7) is 9.74. The fourth-order valence-corrected chi connectivity index (χ4v) is 3.35. The molecule has 2 aromatic heterocycles. The summed E-state index contributed by atoms with van der Waals surface area (Å²) < 4.78 is 18.1. The predicted molar refractivity (Wildman–Crippen MR) is 125 cm³/mol. The highest BCUT2D eigenvalue weighted by atomic mass is 32.1. The summed E-state index contributed by atoms with van der Waals surface area (Å²) in [6.07, 6.45) is 9.20. The molecule has 1 aromatic carbocycles. The van der Waals surface area contributed by atoms with Gasteiger partial charge in [0.15, 0.2) is 17.9 Å². The number of pyridine rings is 1. The summed E-state index contributed by atoms with van der Waals surface area (Å²) >= 11 is 1.37. The molecule has 0 aliphatic rings. The number of methoxy groups -OCH3 is 1. The van der Waals surface area contributed by atoms with Crippen LogP contribution < -0.4 is 15.4 Å². The number of rotatable bonds is 6. The van der Waals surface area contributed by atoms with Gasteiger partial charge in [0.1, 0.15) is 4.83 Å². The molecule has 0 radical (unpaired) electrons. The van der Waals surface area contributed by atoms with Crippen LogP contribution in [0.3, 0.4) is 0 Å². The van der Waals surface area contributed by atoms with Gasteiger partial charge in [-0.25, -0.2) is 9.37 Å². The molecule has 0 atom stereocenters. The Bertz CT molecular complexity index is 1000. The van der Waals surface area contributed by atoms with Crippen LogP contribution >= 0.6 is 11.3 Å². The fourth-order valence-electron chi connectivity index (χ4n) is 2.51. The van der Waals surface area contributed by atoms with Gasteiger partial charge in [0.05, 0.1) is 18.5 Å². The summed E-state index contributed by atoms with van der Waals surface area (Å²) in [5.74, 6) is 2.42. The van der Waals surface area contributed by atoms with Gasteiger partial charge in [0, 0.05) is 29.0 Å². The number of aromatic nitrogens is 1. The third-order valence-corrected chi connectivity index (χ3v) is 4.62. The maximum absolute atomic E-state index is 13.2. The van der Waals surface area contributed by atoms with Gasteiger partial charge in [-0.3, -0.25) is 4.79 Å². The first-order valence-electron chi connectivity index (χ1n) is 9.26. The minimum Gasteiger partial charge on any atom is -0.493 e. The fraction of sp³-hybridized carbons (Fsp3) is 0.217. The smallest absolute Gasteiger partial charge is 0.167 e. The Morgan fingerprint density at radius 2 is 2.10 bits per heavy atom. The highest BCUT2D eigenvalue weighted by molar-refractivity contribution is 7.20. The monoisotopic (exact) mass is 427 g/mol. The molecule has 0 saturated carbocycles. The summed E-state index contributed by atoms with van der Waals surface area (Å²) in [6, 6.07) is 6.83. The Labute approximate surface area is 181 Å². The number of terminal acetylenes is 1. The average Bonchev–Trinajstić information content (AvgIpc) is 3.18. The van der Waals surface area contributed by atoms with E-state index in [0.717, 1.165) is 27.8 Å². The number of thiophene rings is 1. The van der Waals surface area contributed by atoms with Crippen LogP contribution in [0.2, 0.25) is 0 Å². The van der Waals surface area contributed by atoms with E-state index in [2.05, 4.69) is 28.1 Å².